The van der Waals surface area contributed by atoms with Crippen LogP contribution < -0.4 is 10.1 Å². The third-order valence-corrected chi connectivity index (χ3v) is 6.05. The fourth-order valence-electron chi connectivity index (χ4n) is 2.86. The molecule has 0 saturated heterocycles. The lowest BCUT2D eigenvalue weighted by Crippen LogP contribution is -2.49. The normalized spacial score (nSPS) is 11.6. The highest BCUT2D eigenvalue weighted by Crippen LogP contribution is 2.22. The number of hydrogen-bond donors (Lipinski definition) is 1. The molecular weight excluding hydrogens is 468 g/mol. The molecule has 1 N–H and O–H groups in total. The van der Waals surface area contributed by atoms with Crippen molar-refractivity contribution >= 4 is 39.3 Å². The molecule has 1 atom stereocenters. The number of aryl methyl sites for hydroxylation is 1. The molecule has 0 bridgehead atoms. The maximum atomic E-state index is 13.0. The van der Waals surface area contributed by atoms with Crippen molar-refractivity contribution in [3.8, 4) is 5.75 Å². The Bertz CT molecular complexity index is 875. The number of hydrogen-bond acceptors (Lipinski definition) is 3. The molecule has 2 amide bonds. The summed E-state index contributed by atoms with van der Waals surface area (Å²) in [6.07, 6.45) is 1.88. The highest BCUT2D eigenvalue weighted by molar-refractivity contribution is 9.10. The number of carbonyl (C=O) groups is 2. The van der Waals surface area contributed by atoms with Crippen molar-refractivity contribution in [1.82, 2.24) is 10.2 Å². The molecule has 1 unspecified atom stereocenters. The van der Waals surface area contributed by atoms with E-state index >= 15 is 0 Å². The first kappa shape index (κ1) is 24.2. The minimum absolute atomic E-state index is 0.169. The van der Waals surface area contributed by atoms with Gasteiger partial charge in [-0.25, -0.2) is 0 Å². The Morgan fingerprint density at radius 2 is 1.97 bits per heavy atom. The Hall–Kier alpha value is -2.05. The van der Waals surface area contributed by atoms with Crippen LogP contribution in [-0.4, -0.2) is 35.9 Å². The fourth-order valence-corrected chi connectivity index (χ4v) is 3.31. The molecule has 5 nitrogen and oxygen atoms in total. The summed E-state index contributed by atoms with van der Waals surface area (Å²) in [5.41, 5.74) is 1.79. The van der Waals surface area contributed by atoms with Gasteiger partial charge in [-0.05, 0) is 55.7 Å². The van der Waals surface area contributed by atoms with Crippen molar-refractivity contribution in [1.29, 1.82) is 0 Å². The summed E-state index contributed by atoms with van der Waals surface area (Å²) in [5, 5.41) is 3.45. The molecule has 0 fully saturated rings. The molecule has 30 heavy (non-hydrogen) atoms. The van der Waals surface area contributed by atoms with Crippen molar-refractivity contribution in [2.75, 3.05) is 13.2 Å². The molecule has 0 spiro atoms. The first-order chi connectivity index (χ1) is 14.3. The summed E-state index contributed by atoms with van der Waals surface area (Å²) in [6, 6.07) is 12.2. The second-order valence-electron chi connectivity index (χ2n) is 7.13. The molecule has 7 heteroatoms. The monoisotopic (exact) mass is 494 g/mol. The lowest BCUT2D eigenvalue weighted by atomic mass is 10.1. The summed E-state index contributed by atoms with van der Waals surface area (Å²) < 4.78 is 6.68. The maximum absolute atomic E-state index is 13.0. The van der Waals surface area contributed by atoms with E-state index in [9.17, 15) is 9.59 Å². The second kappa shape index (κ2) is 12.0. The van der Waals surface area contributed by atoms with Crippen LogP contribution in [0.4, 0.5) is 0 Å². The Kier molecular flexibility index (Phi) is 9.66. The van der Waals surface area contributed by atoms with Crippen LogP contribution in [0.5, 0.6) is 5.75 Å². The minimum Gasteiger partial charge on any atom is -0.484 e. The molecule has 0 aliphatic rings. The molecule has 162 valence electrons. The Balaban J connectivity index is 2.14. The van der Waals surface area contributed by atoms with Crippen molar-refractivity contribution in [3.05, 3.63) is 63.1 Å². The van der Waals surface area contributed by atoms with Gasteiger partial charge in [0.15, 0.2) is 6.61 Å². The molecule has 0 aliphatic carbocycles. The highest BCUT2D eigenvalue weighted by Gasteiger charge is 2.27. The zero-order valence-corrected chi connectivity index (χ0v) is 19.9. The van der Waals surface area contributed by atoms with E-state index in [4.69, 9.17) is 16.3 Å². The SMILES string of the molecule is CCCCNC(=O)C(C)N(Cc1ccccc1Cl)C(=O)COc1ccc(Br)c(C)c1. The Morgan fingerprint density at radius 3 is 2.63 bits per heavy atom. The molecule has 0 aliphatic heterocycles. The van der Waals surface area contributed by atoms with E-state index in [1.54, 1.807) is 19.1 Å². The predicted molar refractivity (Wildman–Crippen MR) is 124 cm³/mol. The van der Waals surface area contributed by atoms with Crippen LogP contribution in [0.25, 0.3) is 0 Å². The van der Waals surface area contributed by atoms with E-state index in [2.05, 4.69) is 28.2 Å². The number of halogens is 2. The quantitative estimate of drug-likeness (QED) is 0.465. The third-order valence-electron chi connectivity index (χ3n) is 4.79. The van der Waals surface area contributed by atoms with Crippen molar-refractivity contribution in [3.63, 3.8) is 0 Å². The summed E-state index contributed by atoms with van der Waals surface area (Å²) >= 11 is 9.74. The predicted octanol–water partition coefficient (Wildman–Crippen LogP) is 5.12. The summed E-state index contributed by atoms with van der Waals surface area (Å²) in [4.78, 5) is 27.1. The van der Waals surface area contributed by atoms with Crippen LogP contribution in [-0.2, 0) is 16.1 Å². The zero-order chi connectivity index (χ0) is 22.1. The number of benzene rings is 2. The fraction of sp³-hybridized carbons (Fsp3) is 0.391. The topological polar surface area (TPSA) is 58.6 Å². The van der Waals surface area contributed by atoms with Gasteiger partial charge in [-0.1, -0.05) is 59.1 Å². The van der Waals surface area contributed by atoms with Crippen LogP contribution in [0.15, 0.2) is 46.9 Å². The maximum Gasteiger partial charge on any atom is 0.261 e. The van der Waals surface area contributed by atoms with Crippen LogP contribution in [0.1, 0.15) is 37.8 Å². The van der Waals surface area contributed by atoms with E-state index in [0.29, 0.717) is 17.3 Å². The zero-order valence-electron chi connectivity index (χ0n) is 17.6. The molecule has 2 rings (SSSR count). The Morgan fingerprint density at radius 1 is 1.23 bits per heavy atom. The molecule has 0 radical (unpaired) electrons. The highest BCUT2D eigenvalue weighted by atomic mass is 79.9. The summed E-state index contributed by atoms with van der Waals surface area (Å²) in [7, 11) is 0. The summed E-state index contributed by atoms with van der Waals surface area (Å²) in [5.74, 6) is 0.124. The van der Waals surface area contributed by atoms with Crippen LogP contribution in [0, 0.1) is 6.92 Å². The number of nitrogens with one attached hydrogen (secondary N) is 1. The smallest absolute Gasteiger partial charge is 0.261 e. The number of rotatable bonds is 10. The van der Waals surface area contributed by atoms with Gasteiger partial charge in [-0.15, -0.1) is 0 Å². The molecule has 0 saturated carbocycles. The van der Waals surface area contributed by atoms with E-state index in [1.807, 2.05) is 37.3 Å². The van der Waals surface area contributed by atoms with Gasteiger partial charge in [0, 0.05) is 22.6 Å². The molecule has 0 aromatic heterocycles. The van der Waals surface area contributed by atoms with Gasteiger partial charge in [0.05, 0.1) is 0 Å². The van der Waals surface area contributed by atoms with Gasteiger partial charge in [0.2, 0.25) is 5.91 Å². The van der Waals surface area contributed by atoms with Gasteiger partial charge < -0.3 is 15.0 Å². The average molecular weight is 496 g/mol. The van der Waals surface area contributed by atoms with Gasteiger partial charge in [0.25, 0.3) is 5.91 Å². The van der Waals surface area contributed by atoms with E-state index in [-0.39, 0.29) is 25.0 Å². The van der Waals surface area contributed by atoms with Crippen molar-refractivity contribution in [2.45, 2.75) is 46.2 Å². The number of amides is 2. The van der Waals surface area contributed by atoms with E-state index in [1.165, 1.54) is 4.90 Å². The lowest BCUT2D eigenvalue weighted by Gasteiger charge is -2.29. The molecule has 2 aromatic carbocycles. The number of nitrogens with zero attached hydrogens (tertiary/aromatic N) is 1. The van der Waals surface area contributed by atoms with Crippen LogP contribution >= 0.6 is 27.5 Å². The lowest BCUT2D eigenvalue weighted by molar-refractivity contribution is -0.142. The second-order valence-corrected chi connectivity index (χ2v) is 8.39. The third kappa shape index (κ3) is 7.03. The van der Waals surface area contributed by atoms with Gasteiger partial charge in [-0.2, -0.15) is 0 Å². The van der Waals surface area contributed by atoms with Crippen molar-refractivity contribution < 1.29 is 14.3 Å². The Labute approximate surface area is 191 Å². The van der Waals surface area contributed by atoms with Crippen molar-refractivity contribution in [2.24, 2.45) is 0 Å². The van der Waals surface area contributed by atoms with E-state index < -0.39 is 6.04 Å². The number of carbonyl (C=O) groups excluding carboxylic acids is 2. The summed E-state index contributed by atoms with van der Waals surface area (Å²) in [6.45, 7) is 6.37. The first-order valence-electron chi connectivity index (χ1n) is 10.0. The number of unbranched alkanes of at least 4 members (excludes halogenated alkanes) is 1. The molecular formula is C23H28BrClN2O3. The van der Waals surface area contributed by atoms with E-state index in [0.717, 1.165) is 28.4 Å². The molecule has 0 heterocycles. The average Bonchev–Trinajstić information content (AvgIpc) is 2.73. The largest absolute Gasteiger partial charge is 0.484 e. The number of ether oxygens (including phenoxy) is 1. The first-order valence-corrected chi connectivity index (χ1v) is 11.2. The molecule has 2 aromatic rings. The minimum atomic E-state index is -0.652. The van der Waals surface area contributed by atoms with Gasteiger partial charge in [-0.3, -0.25) is 9.59 Å². The van der Waals surface area contributed by atoms with Crippen LogP contribution in [0.2, 0.25) is 5.02 Å². The van der Waals surface area contributed by atoms with Crippen LogP contribution in [0.3, 0.4) is 0 Å². The standard InChI is InChI=1S/C23H28BrClN2O3/c1-4-5-12-26-23(29)17(3)27(14-18-8-6-7-9-21(18)25)22(28)15-30-19-10-11-20(24)16(2)13-19/h6-11,13,17H,4-5,12,14-15H2,1-3H3,(H,26,29). The van der Waals surface area contributed by atoms with Gasteiger partial charge in [0.1, 0.15) is 11.8 Å². The van der Waals surface area contributed by atoms with Gasteiger partial charge >= 0.3 is 0 Å².